The van der Waals surface area contributed by atoms with Gasteiger partial charge in [-0.3, -0.25) is 4.79 Å². The van der Waals surface area contributed by atoms with Crippen molar-refractivity contribution in [2.75, 3.05) is 19.8 Å². The SMILES string of the molecule is CCOCCOC(=O)C(C)Sc1ncnc2scc(-c3ccc(C)c(C)c3)c12. The summed E-state index contributed by atoms with van der Waals surface area (Å²) >= 11 is 3.00. The molecule has 0 bridgehead atoms. The topological polar surface area (TPSA) is 61.3 Å². The van der Waals surface area contributed by atoms with E-state index in [2.05, 4.69) is 47.4 Å². The number of nitrogens with zero attached hydrogens (tertiary/aromatic N) is 2. The van der Waals surface area contributed by atoms with E-state index in [0.717, 1.165) is 26.4 Å². The van der Waals surface area contributed by atoms with Gasteiger partial charge >= 0.3 is 5.97 Å². The lowest BCUT2D eigenvalue weighted by Gasteiger charge is -2.12. The molecule has 2 aromatic heterocycles. The summed E-state index contributed by atoms with van der Waals surface area (Å²) in [4.78, 5) is 22.1. The minimum Gasteiger partial charge on any atom is -0.462 e. The predicted molar refractivity (Wildman–Crippen MR) is 115 cm³/mol. The fraction of sp³-hybridized carbons (Fsp3) is 0.381. The van der Waals surface area contributed by atoms with Gasteiger partial charge in [0.15, 0.2) is 0 Å². The Labute approximate surface area is 173 Å². The van der Waals surface area contributed by atoms with Crippen molar-refractivity contribution in [3.63, 3.8) is 0 Å². The largest absolute Gasteiger partial charge is 0.462 e. The molecule has 0 radical (unpaired) electrons. The minimum absolute atomic E-state index is 0.264. The first kappa shape index (κ1) is 20.8. The third-order valence-corrected chi connectivity index (χ3v) is 6.41. The van der Waals surface area contributed by atoms with Crippen molar-refractivity contribution in [2.45, 2.75) is 38.0 Å². The molecule has 148 valence electrons. The number of carbonyl (C=O) groups is 1. The Morgan fingerprint density at radius 3 is 2.79 bits per heavy atom. The third-order valence-electron chi connectivity index (χ3n) is 4.45. The summed E-state index contributed by atoms with van der Waals surface area (Å²) in [5, 5.41) is 3.54. The zero-order valence-electron chi connectivity index (χ0n) is 16.5. The fourth-order valence-corrected chi connectivity index (χ4v) is 4.65. The molecule has 1 unspecified atom stereocenters. The molecule has 3 rings (SSSR count). The molecule has 0 aliphatic rings. The van der Waals surface area contributed by atoms with E-state index in [0.29, 0.717) is 13.2 Å². The standard InChI is InChI=1S/C21H24N2O3S2/c1-5-25-8-9-26-21(24)15(4)28-20-18-17(11-27-19(18)22-12-23-20)16-7-6-13(2)14(3)10-16/h6-7,10-12,15H,5,8-9H2,1-4H3. The summed E-state index contributed by atoms with van der Waals surface area (Å²) in [6.07, 6.45) is 1.55. The molecule has 7 heteroatoms. The average molecular weight is 417 g/mol. The van der Waals surface area contributed by atoms with Crippen LogP contribution in [0.1, 0.15) is 25.0 Å². The Kier molecular flexibility index (Phi) is 7.04. The summed E-state index contributed by atoms with van der Waals surface area (Å²) < 4.78 is 10.5. The predicted octanol–water partition coefficient (Wildman–Crippen LogP) is 5.04. The number of carbonyl (C=O) groups excluding carboxylic acids is 1. The first-order chi connectivity index (χ1) is 13.5. The first-order valence-corrected chi connectivity index (χ1v) is 11.0. The zero-order chi connectivity index (χ0) is 20.1. The summed E-state index contributed by atoms with van der Waals surface area (Å²) in [6.45, 7) is 9.26. The lowest BCUT2D eigenvalue weighted by molar-refractivity contribution is -0.144. The maximum atomic E-state index is 12.3. The van der Waals surface area contributed by atoms with Gasteiger partial charge in [-0.25, -0.2) is 9.97 Å². The molecule has 0 saturated carbocycles. The van der Waals surface area contributed by atoms with E-state index >= 15 is 0 Å². The van der Waals surface area contributed by atoms with E-state index in [4.69, 9.17) is 9.47 Å². The molecule has 0 spiro atoms. The Hall–Kier alpha value is -1.96. The lowest BCUT2D eigenvalue weighted by Crippen LogP contribution is -2.19. The van der Waals surface area contributed by atoms with Crippen molar-refractivity contribution in [3.8, 4) is 11.1 Å². The first-order valence-electron chi connectivity index (χ1n) is 9.22. The van der Waals surface area contributed by atoms with E-state index in [-0.39, 0.29) is 17.8 Å². The number of thioether (sulfide) groups is 1. The van der Waals surface area contributed by atoms with Crippen LogP contribution >= 0.6 is 23.1 Å². The summed E-state index contributed by atoms with van der Waals surface area (Å²) in [6, 6.07) is 6.43. The maximum absolute atomic E-state index is 12.3. The number of thiophene rings is 1. The second-order valence-electron chi connectivity index (χ2n) is 6.43. The molecule has 1 atom stereocenters. The van der Waals surface area contributed by atoms with Crippen LogP contribution in [0.3, 0.4) is 0 Å². The molecule has 0 amide bonds. The van der Waals surface area contributed by atoms with Gasteiger partial charge in [-0.05, 0) is 44.4 Å². The van der Waals surface area contributed by atoms with Crippen molar-refractivity contribution in [2.24, 2.45) is 0 Å². The van der Waals surface area contributed by atoms with Crippen LogP contribution in [0.15, 0.2) is 34.9 Å². The molecule has 5 nitrogen and oxygen atoms in total. The van der Waals surface area contributed by atoms with Gasteiger partial charge in [-0.15, -0.1) is 11.3 Å². The third kappa shape index (κ3) is 4.71. The van der Waals surface area contributed by atoms with Crippen LogP contribution < -0.4 is 0 Å². The zero-order valence-corrected chi connectivity index (χ0v) is 18.2. The number of hydrogen-bond acceptors (Lipinski definition) is 7. The Balaban J connectivity index is 1.84. The lowest BCUT2D eigenvalue weighted by atomic mass is 10.0. The van der Waals surface area contributed by atoms with Gasteiger partial charge in [-0.2, -0.15) is 0 Å². The van der Waals surface area contributed by atoms with Gasteiger partial charge in [0, 0.05) is 17.6 Å². The van der Waals surface area contributed by atoms with E-state index in [1.807, 2.05) is 13.8 Å². The number of hydrogen-bond donors (Lipinski definition) is 0. The monoisotopic (exact) mass is 416 g/mol. The average Bonchev–Trinajstić information content (AvgIpc) is 3.12. The Morgan fingerprint density at radius 2 is 2.04 bits per heavy atom. The number of benzene rings is 1. The number of aromatic nitrogens is 2. The molecular formula is C21H24N2O3S2. The highest BCUT2D eigenvalue weighted by Gasteiger charge is 2.21. The van der Waals surface area contributed by atoms with Crippen LogP contribution in [0.5, 0.6) is 0 Å². The molecule has 0 aliphatic carbocycles. The molecule has 2 heterocycles. The molecule has 1 aromatic carbocycles. The van der Waals surface area contributed by atoms with Crippen LogP contribution in [0.4, 0.5) is 0 Å². The number of esters is 1. The van der Waals surface area contributed by atoms with Crippen molar-refractivity contribution >= 4 is 39.3 Å². The summed E-state index contributed by atoms with van der Waals surface area (Å²) in [5.74, 6) is -0.264. The van der Waals surface area contributed by atoms with Crippen molar-refractivity contribution in [1.29, 1.82) is 0 Å². The van der Waals surface area contributed by atoms with Crippen molar-refractivity contribution in [1.82, 2.24) is 9.97 Å². The van der Waals surface area contributed by atoms with Gasteiger partial charge < -0.3 is 9.47 Å². The van der Waals surface area contributed by atoms with Crippen LogP contribution in [-0.2, 0) is 14.3 Å². The van der Waals surface area contributed by atoms with Crippen LogP contribution in [-0.4, -0.2) is 41.0 Å². The number of ether oxygens (including phenoxy) is 2. The van der Waals surface area contributed by atoms with Crippen LogP contribution in [0.25, 0.3) is 21.3 Å². The molecule has 28 heavy (non-hydrogen) atoms. The number of rotatable bonds is 8. The number of aryl methyl sites for hydroxylation is 2. The summed E-state index contributed by atoms with van der Waals surface area (Å²) in [7, 11) is 0. The second kappa shape index (κ2) is 9.49. The van der Waals surface area contributed by atoms with E-state index in [1.54, 1.807) is 17.7 Å². The molecule has 0 aliphatic heterocycles. The highest BCUT2D eigenvalue weighted by atomic mass is 32.2. The Morgan fingerprint density at radius 1 is 1.21 bits per heavy atom. The van der Waals surface area contributed by atoms with E-state index in [1.165, 1.54) is 22.9 Å². The van der Waals surface area contributed by atoms with Crippen LogP contribution in [0.2, 0.25) is 0 Å². The maximum Gasteiger partial charge on any atom is 0.319 e. The number of fused-ring (bicyclic) bond motifs is 1. The van der Waals surface area contributed by atoms with Gasteiger partial charge in [0.2, 0.25) is 0 Å². The van der Waals surface area contributed by atoms with Crippen LogP contribution in [0, 0.1) is 13.8 Å². The molecule has 0 fully saturated rings. The molecular weight excluding hydrogens is 392 g/mol. The van der Waals surface area contributed by atoms with Crippen molar-refractivity contribution in [3.05, 3.63) is 41.0 Å². The second-order valence-corrected chi connectivity index (χ2v) is 8.62. The molecule has 3 aromatic rings. The highest BCUT2D eigenvalue weighted by Crippen LogP contribution is 2.39. The highest BCUT2D eigenvalue weighted by molar-refractivity contribution is 8.00. The molecule has 0 saturated heterocycles. The van der Waals surface area contributed by atoms with Gasteiger partial charge in [0.1, 0.15) is 28.0 Å². The van der Waals surface area contributed by atoms with Crippen molar-refractivity contribution < 1.29 is 14.3 Å². The van der Waals surface area contributed by atoms with Gasteiger partial charge in [-0.1, -0.05) is 30.0 Å². The fourth-order valence-electron chi connectivity index (χ4n) is 2.74. The molecule has 0 N–H and O–H groups in total. The summed E-state index contributed by atoms with van der Waals surface area (Å²) in [5.41, 5.74) is 4.74. The van der Waals surface area contributed by atoms with Gasteiger partial charge in [0.05, 0.1) is 12.0 Å². The smallest absolute Gasteiger partial charge is 0.319 e. The Bertz CT molecular complexity index is 971. The van der Waals surface area contributed by atoms with Gasteiger partial charge in [0.25, 0.3) is 0 Å². The minimum atomic E-state index is -0.368. The normalized spacial score (nSPS) is 12.3. The van der Waals surface area contributed by atoms with E-state index in [9.17, 15) is 4.79 Å². The quantitative estimate of drug-likeness (QED) is 0.222. The van der Waals surface area contributed by atoms with E-state index < -0.39 is 0 Å².